The van der Waals surface area contributed by atoms with Crippen LogP contribution in [0.4, 0.5) is 5.69 Å². The molecule has 0 aliphatic heterocycles. The fraction of sp³-hybridized carbons (Fsp3) is 0.333. The highest BCUT2D eigenvalue weighted by atomic mass is 32.2. The predicted octanol–water partition coefficient (Wildman–Crippen LogP) is 2.47. The van der Waals surface area contributed by atoms with Gasteiger partial charge in [0.25, 0.3) is 0 Å². The topological polar surface area (TPSA) is 3.24 Å². The zero-order valence-electron chi connectivity index (χ0n) is 7.16. The zero-order valence-corrected chi connectivity index (χ0v) is 7.98. The largest absolute Gasteiger partial charge is 0.378 e. The van der Waals surface area contributed by atoms with Crippen molar-refractivity contribution in [1.29, 1.82) is 0 Å². The molecule has 60 valence electrons. The number of benzene rings is 1. The van der Waals surface area contributed by atoms with Gasteiger partial charge >= 0.3 is 0 Å². The van der Waals surface area contributed by atoms with E-state index < -0.39 is 0 Å². The Morgan fingerprint density at radius 3 is 2.55 bits per heavy atom. The Labute approximate surface area is 72.4 Å². The Hall–Kier alpha value is -0.630. The Balaban J connectivity index is 2.91. The number of nitrogens with zero attached hydrogens (tertiary/aromatic N) is 1. The van der Waals surface area contributed by atoms with E-state index in [1.807, 2.05) is 0 Å². The number of hydrogen-bond donors (Lipinski definition) is 0. The summed E-state index contributed by atoms with van der Waals surface area (Å²) in [6, 6.07) is 8.50. The SMILES string of the molecule is CSc1cccc(N(C)C)c1. The Kier molecular flexibility index (Phi) is 2.83. The van der Waals surface area contributed by atoms with Gasteiger partial charge in [0, 0.05) is 24.7 Å². The van der Waals surface area contributed by atoms with Crippen molar-refractivity contribution >= 4 is 17.4 Å². The van der Waals surface area contributed by atoms with E-state index >= 15 is 0 Å². The smallest absolute Gasteiger partial charge is 0.0372 e. The lowest BCUT2D eigenvalue weighted by Crippen LogP contribution is -2.07. The second-order valence-corrected chi connectivity index (χ2v) is 3.48. The molecule has 0 heterocycles. The van der Waals surface area contributed by atoms with E-state index in [1.54, 1.807) is 11.8 Å². The highest BCUT2D eigenvalue weighted by molar-refractivity contribution is 7.98. The molecule has 0 aliphatic carbocycles. The first-order valence-electron chi connectivity index (χ1n) is 3.55. The molecule has 0 saturated carbocycles. The summed E-state index contributed by atoms with van der Waals surface area (Å²) in [5.74, 6) is 0. The van der Waals surface area contributed by atoms with Gasteiger partial charge in [-0.15, -0.1) is 11.8 Å². The second kappa shape index (κ2) is 3.67. The monoisotopic (exact) mass is 167 g/mol. The number of hydrogen-bond acceptors (Lipinski definition) is 2. The standard InChI is InChI=1S/C9H13NS/c1-10(2)8-5-4-6-9(7-8)11-3/h4-7H,1-3H3. The van der Waals surface area contributed by atoms with Gasteiger partial charge in [-0.1, -0.05) is 6.07 Å². The van der Waals surface area contributed by atoms with Crippen LogP contribution in [-0.2, 0) is 0 Å². The van der Waals surface area contributed by atoms with Crippen LogP contribution in [0.5, 0.6) is 0 Å². The first-order valence-corrected chi connectivity index (χ1v) is 4.78. The maximum Gasteiger partial charge on any atom is 0.0372 e. The zero-order chi connectivity index (χ0) is 8.27. The van der Waals surface area contributed by atoms with Crippen molar-refractivity contribution in [3.8, 4) is 0 Å². The number of thioether (sulfide) groups is 1. The molecule has 11 heavy (non-hydrogen) atoms. The van der Waals surface area contributed by atoms with Gasteiger partial charge in [-0.05, 0) is 24.5 Å². The molecule has 0 aliphatic rings. The number of rotatable bonds is 2. The van der Waals surface area contributed by atoms with E-state index in [2.05, 4.69) is 49.5 Å². The van der Waals surface area contributed by atoms with Gasteiger partial charge in [0.15, 0.2) is 0 Å². The highest BCUT2D eigenvalue weighted by Gasteiger charge is 1.94. The normalized spacial score (nSPS) is 9.73. The van der Waals surface area contributed by atoms with E-state index in [-0.39, 0.29) is 0 Å². The summed E-state index contributed by atoms with van der Waals surface area (Å²) in [5.41, 5.74) is 1.26. The van der Waals surface area contributed by atoms with Gasteiger partial charge in [-0.25, -0.2) is 0 Å². The van der Waals surface area contributed by atoms with Crippen molar-refractivity contribution in [2.75, 3.05) is 25.3 Å². The molecule has 0 aromatic heterocycles. The van der Waals surface area contributed by atoms with Gasteiger partial charge in [0.2, 0.25) is 0 Å². The van der Waals surface area contributed by atoms with E-state index in [0.29, 0.717) is 0 Å². The predicted molar refractivity (Wildman–Crippen MR) is 52.6 cm³/mol. The van der Waals surface area contributed by atoms with Crippen LogP contribution in [0.2, 0.25) is 0 Å². The molecule has 0 saturated heterocycles. The maximum absolute atomic E-state index is 2.19. The third kappa shape index (κ3) is 2.15. The van der Waals surface area contributed by atoms with Gasteiger partial charge < -0.3 is 4.90 Å². The fourth-order valence-corrected chi connectivity index (χ4v) is 1.34. The van der Waals surface area contributed by atoms with Crippen molar-refractivity contribution in [2.24, 2.45) is 0 Å². The molecule has 0 fully saturated rings. The lowest BCUT2D eigenvalue weighted by atomic mass is 10.3. The van der Waals surface area contributed by atoms with Crippen LogP contribution in [0.15, 0.2) is 29.2 Å². The summed E-state index contributed by atoms with van der Waals surface area (Å²) in [7, 11) is 4.11. The van der Waals surface area contributed by atoms with Crippen LogP contribution in [0.25, 0.3) is 0 Å². The molecule has 2 heteroatoms. The quantitative estimate of drug-likeness (QED) is 0.622. The van der Waals surface area contributed by atoms with Crippen molar-refractivity contribution < 1.29 is 0 Å². The van der Waals surface area contributed by atoms with Crippen molar-refractivity contribution in [1.82, 2.24) is 0 Å². The van der Waals surface area contributed by atoms with Crippen LogP contribution >= 0.6 is 11.8 Å². The lowest BCUT2D eigenvalue weighted by molar-refractivity contribution is 1.12. The van der Waals surface area contributed by atoms with E-state index in [0.717, 1.165) is 0 Å². The fourth-order valence-electron chi connectivity index (χ4n) is 0.889. The van der Waals surface area contributed by atoms with E-state index in [4.69, 9.17) is 0 Å². The van der Waals surface area contributed by atoms with E-state index in [1.165, 1.54) is 10.6 Å². The molecule has 1 aromatic carbocycles. The summed E-state index contributed by atoms with van der Waals surface area (Å²) in [4.78, 5) is 3.43. The molecule has 0 N–H and O–H groups in total. The third-order valence-electron chi connectivity index (χ3n) is 1.57. The van der Waals surface area contributed by atoms with E-state index in [9.17, 15) is 0 Å². The molecule has 0 spiro atoms. The number of anilines is 1. The van der Waals surface area contributed by atoms with Gasteiger partial charge in [0.1, 0.15) is 0 Å². The van der Waals surface area contributed by atoms with Crippen LogP contribution in [0.1, 0.15) is 0 Å². The van der Waals surface area contributed by atoms with Crippen molar-refractivity contribution in [3.05, 3.63) is 24.3 Å². The van der Waals surface area contributed by atoms with Crippen LogP contribution in [-0.4, -0.2) is 20.4 Å². The Morgan fingerprint density at radius 2 is 2.00 bits per heavy atom. The molecule has 1 nitrogen and oxygen atoms in total. The summed E-state index contributed by atoms with van der Waals surface area (Å²) < 4.78 is 0. The molecule has 0 unspecified atom stereocenters. The summed E-state index contributed by atoms with van der Waals surface area (Å²) in [6.45, 7) is 0. The molecule has 0 atom stereocenters. The molecule has 0 amide bonds. The minimum atomic E-state index is 1.26. The van der Waals surface area contributed by atoms with Crippen LogP contribution < -0.4 is 4.90 Å². The summed E-state index contributed by atoms with van der Waals surface area (Å²) >= 11 is 1.77. The van der Waals surface area contributed by atoms with Gasteiger partial charge in [0.05, 0.1) is 0 Å². The minimum Gasteiger partial charge on any atom is -0.378 e. The second-order valence-electron chi connectivity index (χ2n) is 2.60. The first kappa shape index (κ1) is 8.47. The minimum absolute atomic E-state index is 1.26. The third-order valence-corrected chi connectivity index (χ3v) is 2.30. The maximum atomic E-state index is 2.19. The molecule has 0 bridgehead atoms. The van der Waals surface area contributed by atoms with Crippen molar-refractivity contribution in [3.63, 3.8) is 0 Å². The first-order chi connectivity index (χ1) is 5.24. The summed E-state index contributed by atoms with van der Waals surface area (Å²) in [5, 5.41) is 0. The van der Waals surface area contributed by atoms with Crippen LogP contribution in [0.3, 0.4) is 0 Å². The molecule has 0 radical (unpaired) electrons. The van der Waals surface area contributed by atoms with Crippen molar-refractivity contribution in [2.45, 2.75) is 4.90 Å². The Morgan fingerprint density at radius 1 is 1.27 bits per heavy atom. The van der Waals surface area contributed by atoms with Gasteiger partial charge in [-0.3, -0.25) is 0 Å². The van der Waals surface area contributed by atoms with Gasteiger partial charge in [-0.2, -0.15) is 0 Å². The molecular formula is C9H13NS. The highest BCUT2D eigenvalue weighted by Crippen LogP contribution is 2.20. The summed E-state index contributed by atoms with van der Waals surface area (Å²) in [6.07, 6.45) is 2.09. The lowest BCUT2D eigenvalue weighted by Gasteiger charge is -2.12. The molecular weight excluding hydrogens is 154 g/mol. The Bertz CT molecular complexity index is 233. The molecule has 1 aromatic rings. The average Bonchev–Trinajstić information content (AvgIpc) is 2.05. The molecule has 1 rings (SSSR count). The van der Waals surface area contributed by atoms with Crippen LogP contribution in [0, 0.1) is 0 Å². The average molecular weight is 167 g/mol.